The van der Waals surface area contributed by atoms with Crippen LogP contribution in [0.2, 0.25) is 0 Å². The fraction of sp³-hybridized carbons (Fsp3) is 0.297. The molecule has 0 heterocycles. The highest BCUT2D eigenvalue weighted by molar-refractivity contribution is 7.92. The molecule has 4 aromatic rings. The molecular formula is C37H41N3O5S. The number of hydrogen-bond acceptors (Lipinski definition) is 5. The number of sulfonamides is 1. The number of amides is 2. The van der Waals surface area contributed by atoms with Gasteiger partial charge in [-0.3, -0.25) is 13.9 Å². The number of methoxy groups -OCH3 is 1. The van der Waals surface area contributed by atoms with Crippen LogP contribution in [0, 0.1) is 6.92 Å². The standard InChI is InChI=1S/C37H41N3O5S/c1-28-17-19-32(20-18-28)40(46(43,44)34-23-21-33(45-2)22-24-34)27-36(41)39(26-30-13-7-4-8-14-30)35(25-29-11-5-3-6-12-29)37(42)38-31-15-9-10-16-31/h3-8,11-14,17-24,31,35H,9-10,15-16,25-27H2,1-2H3,(H,38,42)/t35-/m0/s1. The third-order valence-electron chi connectivity index (χ3n) is 8.42. The summed E-state index contributed by atoms with van der Waals surface area (Å²) in [4.78, 5) is 30.2. The monoisotopic (exact) mass is 639 g/mol. The van der Waals surface area contributed by atoms with Crippen molar-refractivity contribution in [3.05, 3.63) is 126 Å². The molecule has 1 fully saturated rings. The van der Waals surface area contributed by atoms with Gasteiger partial charge in [-0.2, -0.15) is 0 Å². The van der Waals surface area contributed by atoms with Crippen molar-refractivity contribution in [1.82, 2.24) is 10.2 Å². The van der Waals surface area contributed by atoms with Gasteiger partial charge in [-0.1, -0.05) is 91.2 Å². The molecular weight excluding hydrogens is 598 g/mol. The van der Waals surface area contributed by atoms with E-state index >= 15 is 0 Å². The molecule has 1 N–H and O–H groups in total. The Morgan fingerprint density at radius 1 is 0.826 bits per heavy atom. The Morgan fingerprint density at radius 3 is 2.00 bits per heavy atom. The topological polar surface area (TPSA) is 96.0 Å². The SMILES string of the molecule is COc1ccc(S(=O)(=O)N(CC(=O)N(Cc2ccccc2)[C@@H](Cc2ccccc2)C(=O)NC2CCCC2)c2ccc(C)cc2)cc1. The highest BCUT2D eigenvalue weighted by Crippen LogP contribution is 2.27. The molecule has 4 aromatic carbocycles. The van der Waals surface area contributed by atoms with Crippen LogP contribution in [0.15, 0.2) is 114 Å². The first kappa shape index (κ1) is 32.8. The number of ether oxygens (including phenoxy) is 1. The molecule has 1 saturated carbocycles. The Bertz CT molecular complexity index is 1690. The largest absolute Gasteiger partial charge is 0.497 e. The van der Waals surface area contributed by atoms with E-state index in [1.165, 1.54) is 24.1 Å². The third-order valence-corrected chi connectivity index (χ3v) is 10.2. The summed E-state index contributed by atoms with van der Waals surface area (Å²) in [6, 6.07) is 31.4. The lowest BCUT2D eigenvalue weighted by Crippen LogP contribution is -2.54. The number of nitrogens with one attached hydrogen (secondary N) is 1. The highest BCUT2D eigenvalue weighted by Gasteiger charge is 2.35. The van der Waals surface area contributed by atoms with Gasteiger partial charge in [-0.15, -0.1) is 0 Å². The maximum atomic E-state index is 14.6. The predicted molar refractivity (Wildman–Crippen MR) is 180 cm³/mol. The van der Waals surface area contributed by atoms with Gasteiger partial charge in [0, 0.05) is 19.0 Å². The molecule has 1 atom stereocenters. The molecule has 2 amide bonds. The minimum Gasteiger partial charge on any atom is -0.497 e. The number of rotatable bonds is 13. The van der Waals surface area contributed by atoms with Crippen molar-refractivity contribution in [2.45, 2.75) is 62.6 Å². The van der Waals surface area contributed by atoms with E-state index in [1.807, 2.05) is 79.7 Å². The smallest absolute Gasteiger partial charge is 0.264 e. The second-order valence-electron chi connectivity index (χ2n) is 11.7. The molecule has 5 rings (SSSR count). The van der Waals surface area contributed by atoms with E-state index in [4.69, 9.17) is 4.74 Å². The lowest BCUT2D eigenvalue weighted by atomic mass is 10.0. The molecule has 46 heavy (non-hydrogen) atoms. The van der Waals surface area contributed by atoms with Crippen LogP contribution in [0.4, 0.5) is 5.69 Å². The van der Waals surface area contributed by atoms with Gasteiger partial charge in [0.1, 0.15) is 18.3 Å². The number of hydrogen-bond donors (Lipinski definition) is 1. The molecule has 0 saturated heterocycles. The van der Waals surface area contributed by atoms with E-state index in [-0.39, 0.29) is 29.8 Å². The summed E-state index contributed by atoms with van der Waals surface area (Å²) >= 11 is 0. The highest BCUT2D eigenvalue weighted by atomic mass is 32.2. The minimum absolute atomic E-state index is 0.0242. The first-order valence-electron chi connectivity index (χ1n) is 15.7. The number of aryl methyl sites for hydroxylation is 1. The maximum absolute atomic E-state index is 14.6. The molecule has 8 nitrogen and oxygen atoms in total. The molecule has 0 unspecified atom stereocenters. The molecule has 0 aromatic heterocycles. The summed E-state index contributed by atoms with van der Waals surface area (Å²) < 4.78 is 34.7. The van der Waals surface area contributed by atoms with Gasteiger partial charge in [0.25, 0.3) is 10.0 Å². The summed E-state index contributed by atoms with van der Waals surface area (Å²) in [5.41, 5.74) is 3.04. The fourth-order valence-corrected chi connectivity index (χ4v) is 7.23. The summed E-state index contributed by atoms with van der Waals surface area (Å²) in [5, 5.41) is 3.20. The number of anilines is 1. The summed E-state index contributed by atoms with van der Waals surface area (Å²) in [6.45, 7) is 1.56. The lowest BCUT2D eigenvalue weighted by Gasteiger charge is -2.34. The van der Waals surface area contributed by atoms with Gasteiger partial charge >= 0.3 is 0 Å². The van der Waals surface area contributed by atoms with Crippen molar-refractivity contribution in [2.24, 2.45) is 0 Å². The van der Waals surface area contributed by atoms with Crippen LogP contribution in [0.5, 0.6) is 5.75 Å². The normalized spacial score (nSPS) is 14.0. The van der Waals surface area contributed by atoms with Gasteiger partial charge in [0.2, 0.25) is 11.8 Å². The van der Waals surface area contributed by atoms with Gasteiger partial charge in [-0.05, 0) is 67.3 Å². The summed E-state index contributed by atoms with van der Waals surface area (Å²) in [6.07, 6.45) is 4.19. The zero-order valence-corrected chi connectivity index (χ0v) is 27.2. The van der Waals surface area contributed by atoms with Gasteiger partial charge in [-0.25, -0.2) is 8.42 Å². The van der Waals surface area contributed by atoms with Crippen LogP contribution in [0.1, 0.15) is 42.4 Å². The molecule has 1 aliphatic rings. The molecule has 1 aliphatic carbocycles. The van der Waals surface area contributed by atoms with Crippen molar-refractivity contribution in [1.29, 1.82) is 0 Å². The Morgan fingerprint density at radius 2 is 1.41 bits per heavy atom. The molecule has 0 aliphatic heterocycles. The number of benzene rings is 4. The van der Waals surface area contributed by atoms with Crippen molar-refractivity contribution in [2.75, 3.05) is 18.0 Å². The van der Waals surface area contributed by atoms with E-state index in [1.54, 1.807) is 24.3 Å². The van der Waals surface area contributed by atoms with Crippen LogP contribution < -0.4 is 14.4 Å². The Balaban J connectivity index is 1.54. The first-order valence-corrected chi connectivity index (χ1v) is 17.1. The lowest BCUT2D eigenvalue weighted by molar-refractivity contribution is -0.140. The second kappa shape index (κ2) is 15.1. The molecule has 0 bridgehead atoms. The Kier molecular flexibility index (Phi) is 10.8. The second-order valence-corrected chi connectivity index (χ2v) is 13.6. The van der Waals surface area contributed by atoms with Crippen LogP contribution >= 0.6 is 0 Å². The van der Waals surface area contributed by atoms with Gasteiger partial charge < -0.3 is 15.0 Å². The minimum atomic E-state index is -4.19. The molecule has 9 heteroatoms. The Labute approximate surface area is 272 Å². The third kappa shape index (κ3) is 8.14. The quantitative estimate of drug-likeness (QED) is 0.197. The molecule has 0 radical (unpaired) electrons. The first-order chi connectivity index (χ1) is 22.2. The van der Waals surface area contributed by atoms with Crippen molar-refractivity contribution < 1.29 is 22.7 Å². The summed E-state index contributed by atoms with van der Waals surface area (Å²) in [7, 11) is -2.68. The molecule has 240 valence electrons. The zero-order valence-electron chi connectivity index (χ0n) is 26.3. The maximum Gasteiger partial charge on any atom is 0.264 e. The van der Waals surface area contributed by atoms with Crippen LogP contribution in [-0.2, 0) is 32.6 Å². The number of carbonyl (C=O) groups excluding carboxylic acids is 2. The molecule has 0 spiro atoms. The summed E-state index contributed by atoms with van der Waals surface area (Å²) in [5.74, 6) is -0.202. The van der Waals surface area contributed by atoms with E-state index in [2.05, 4.69) is 5.32 Å². The van der Waals surface area contributed by atoms with E-state index in [0.717, 1.165) is 46.7 Å². The van der Waals surface area contributed by atoms with Gasteiger partial charge in [0.05, 0.1) is 17.7 Å². The van der Waals surface area contributed by atoms with Crippen LogP contribution in [-0.4, -0.2) is 50.9 Å². The number of nitrogens with zero attached hydrogens (tertiary/aromatic N) is 2. The van der Waals surface area contributed by atoms with E-state index in [0.29, 0.717) is 11.4 Å². The van der Waals surface area contributed by atoms with Crippen LogP contribution in [0.3, 0.4) is 0 Å². The van der Waals surface area contributed by atoms with Crippen molar-refractivity contribution >= 4 is 27.5 Å². The average molecular weight is 640 g/mol. The van der Waals surface area contributed by atoms with Crippen molar-refractivity contribution in [3.8, 4) is 5.75 Å². The average Bonchev–Trinajstić information content (AvgIpc) is 3.59. The number of carbonyl (C=O) groups is 2. The zero-order chi connectivity index (χ0) is 32.5. The van der Waals surface area contributed by atoms with Gasteiger partial charge in [0.15, 0.2) is 0 Å². The Hall–Kier alpha value is -4.63. The van der Waals surface area contributed by atoms with Crippen LogP contribution in [0.25, 0.3) is 0 Å². The van der Waals surface area contributed by atoms with E-state index < -0.39 is 28.5 Å². The van der Waals surface area contributed by atoms with Crippen molar-refractivity contribution in [3.63, 3.8) is 0 Å². The predicted octanol–water partition coefficient (Wildman–Crippen LogP) is 5.90. The van der Waals surface area contributed by atoms with E-state index in [9.17, 15) is 18.0 Å². The fourth-order valence-electron chi connectivity index (χ4n) is 5.82.